The molecule has 0 amide bonds. The van der Waals surface area contributed by atoms with E-state index >= 15 is 0 Å². The molecule has 0 aliphatic rings. The smallest absolute Gasteiger partial charge is 0.231 e. The standard InChI is InChI=1S/C6H4ClF3N2O2S/c7-4-1-3(6(8,9)10)11-5(12-4)2-15(13)14/h1,15H,2H2. The van der Waals surface area contributed by atoms with Crippen molar-refractivity contribution in [2.75, 3.05) is 0 Å². The molecular formula is C6H4ClF3N2O2S. The van der Waals surface area contributed by atoms with Crippen LogP contribution in [0.5, 0.6) is 0 Å². The molecule has 0 atom stereocenters. The lowest BCUT2D eigenvalue weighted by Crippen LogP contribution is -2.11. The van der Waals surface area contributed by atoms with E-state index in [1.807, 2.05) is 0 Å². The van der Waals surface area contributed by atoms with E-state index in [1.165, 1.54) is 0 Å². The van der Waals surface area contributed by atoms with Gasteiger partial charge in [0.05, 0.1) is 0 Å². The van der Waals surface area contributed by atoms with Crippen molar-refractivity contribution in [1.29, 1.82) is 0 Å². The molecule has 0 saturated carbocycles. The second kappa shape index (κ2) is 4.31. The van der Waals surface area contributed by atoms with Crippen molar-refractivity contribution in [3.63, 3.8) is 0 Å². The summed E-state index contributed by atoms with van der Waals surface area (Å²) in [5.74, 6) is -1.13. The van der Waals surface area contributed by atoms with E-state index in [9.17, 15) is 21.6 Å². The molecule has 0 aliphatic carbocycles. The first kappa shape index (κ1) is 12.2. The van der Waals surface area contributed by atoms with E-state index in [2.05, 4.69) is 9.97 Å². The van der Waals surface area contributed by atoms with E-state index in [4.69, 9.17) is 11.6 Å². The summed E-state index contributed by atoms with van der Waals surface area (Å²) >= 11 is 5.29. The van der Waals surface area contributed by atoms with Crippen LogP contribution in [-0.2, 0) is 22.6 Å². The molecule has 1 aromatic rings. The second-order valence-electron chi connectivity index (χ2n) is 2.48. The van der Waals surface area contributed by atoms with Crippen LogP contribution in [0.25, 0.3) is 0 Å². The number of nitrogens with zero attached hydrogens (tertiary/aromatic N) is 2. The Balaban J connectivity index is 3.16. The van der Waals surface area contributed by atoms with Crippen molar-refractivity contribution in [3.8, 4) is 0 Å². The van der Waals surface area contributed by atoms with Gasteiger partial charge in [-0.1, -0.05) is 11.6 Å². The van der Waals surface area contributed by atoms with Gasteiger partial charge in [0.15, 0.2) is 0 Å². The monoisotopic (exact) mass is 260 g/mol. The maximum Gasteiger partial charge on any atom is 0.433 e. The Morgan fingerprint density at radius 3 is 2.40 bits per heavy atom. The fourth-order valence-corrected chi connectivity index (χ4v) is 1.37. The highest BCUT2D eigenvalue weighted by molar-refractivity contribution is 7.71. The number of hydrogen-bond donors (Lipinski definition) is 1. The zero-order valence-electron chi connectivity index (χ0n) is 6.95. The Morgan fingerprint density at radius 1 is 1.33 bits per heavy atom. The highest BCUT2D eigenvalue weighted by atomic mass is 35.5. The van der Waals surface area contributed by atoms with Gasteiger partial charge in [-0.05, 0) is 0 Å². The highest BCUT2D eigenvalue weighted by Crippen LogP contribution is 2.28. The molecule has 0 radical (unpaired) electrons. The Bertz CT molecular complexity index is 438. The zero-order chi connectivity index (χ0) is 11.6. The molecule has 0 unspecified atom stereocenters. The summed E-state index contributed by atoms with van der Waals surface area (Å²) in [6, 6.07) is 0.531. The maximum absolute atomic E-state index is 12.2. The van der Waals surface area contributed by atoms with Crippen molar-refractivity contribution in [2.45, 2.75) is 11.9 Å². The zero-order valence-corrected chi connectivity index (χ0v) is 8.60. The minimum Gasteiger partial charge on any atom is -0.231 e. The van der Waals surface area contributed by atoms with Crippen molar-refractivity contribution in [2.24, 2.45) is 0 Å². The van der Waals surface area contributed by atoms with Crippen LogP contribution in [0.15, 0.2) is 6.07 Å². The van der Waals surface area contributed by atoms with Crippen molar-refractivity contribution in [1.82, 2.24) is 9.97 Å². The summed E-state index contributed by atoms with van der Waals surface area (Å²) in [4.78, 5) is 6.40. The van der Waals surface area contributed by atoms with Crippen LogP contribution < -0.4 is 0 Å². The third-order valence-corrected chi connectivity index (χ3v) is 2.04. The van der Waals surface area contributed by atoms with Crippen LogP contribution in [0.3, 0.4) is 0 Å². The van der Waals surface area contributed by atoms with Crippen molar-refractivity contribution < 1.29 is 21.6 Å². The first-order chi connectivity index (χ1) is 6.79. The molecule has 1 heterocycles. The Morgan fingerprint density at radius 2 is 1.93 bits per heavy atom. The predicted molar refractivity (Wildman–Crippen MR) is 46.1 cm³/mol. The van der Waals surface area contributed by atoms with E-state index < -0.39 is 39.3 Å². The van der Waals surface area contributed by atoms with E-state index in [0.717, 1.165) is 0 Å². The van der Waals surface area contributed by atoms with Crippen molar-refractivity contribution in [3.05, 3.63) is 22.7 Å². The third-order valence-electron chi connectivity index (χ3n) is 1.30. The molecule has 0 N–H and O–H groups in total. The fraction of sp³-hybridized carbons (Fsp3) is 0.333. The summed E-state index contributed by atoms with van der Waals surface area (Å²) in [6.45, 7) is 0. The van der Waals surface area contributed by atoms with Gasteiger partial charge >= 0.3 is 6.18 Å². The molecule has 84 valence electrons. The quantitative estimate of drug-likeness (QED) is 0.642. The van der Waals surface area contributed by atoms with E-state index in [1.54, 1.807) is 0 Å². The van der Waals surface area contributed by atoms with Crippen LogP contribution in [0.2, 0.25) is 5.15 Å². The normalized spacial score (nSPS) is 12.1. The maximum atomic E-state index is 12.2. The molecule has 1 aromatic heterocycles. The topological polar surface area (TPSA) is 59.9 Å². The Kier molecular flexibility index (Phi) is 3.50. The molecule has 0 aliphatic heterocycles. The number of hydrogen-bond acceptors (Lipinski definition) is 4. The molecular weight excluding hydrogens is 257 g/mol. The average molecular weight is 261 g/mol. The van der Waals surface area contributed by atoms with Crippen molar-refractivity contribution >= 4 is 22.3 Å². The Labute approximate surface area is 89.1 Å². The van der Waals surface area contributed by atoms with Gasteiger partial charge in [-0.25, -0.2) is 18.4 Å². The Hall–Kier alpha value is -0.890. The first-order valence-electron chi connectivity index (χ1n) is 3.51. The summed E-state index contributed by atoms with van der Waals surface area (Å²) in [6.07, 6.45) is -4.67. The first-order valence-corrected chi connectivity index (χ1v) is 5.25. The molecule has 1 rings (SSSR count). The van der Waals surface area contributed by atoms with Gasteiger partial charge in [0.25, 0.3) is 0 Å². The summed E-state index contributed by atoms with van der Waals surface area (Å²) in [5, 5.41) is -0.441. The minimum atomic E-state index is -4.67. The number of thiol groups is 1. The number of alkyl halides is 3. The van der Waals surface area contributed by atoms with E-state index in [0.29, 0.717) is 6.07 Å². The van der Waals surface area contributed by atoms with Gasteiger partial charge in [-0.3, -0.25) is 0 Å². The molecule has 4 nitrogen and oxygen atoms in total. The summed E-state index contributed by atoms with van der Waals surface area (Å²) < 4.78 is 57.1. The van der Waals surface area contributed by atoms with Gasteiger partial charge in [0, 0.05) is 6.07 Å². The number of rotatable bonds is 2. The largest absolute Gasteiger partial charge is 0.433 e. The SMILES string of the molecule is O=[SH](=O)Cc1nc(Cl)cc(C(F)(F)F)n1. The van der Waals surface area contributed by atoms with E-state index in [-0.39, 0.29) is 0 Å². The molecule has 15 heavy (non-hydrogen) atoms. The molecule has 9 heteroatoms. The lowest BCUT2D eigenvalue weighted by atomic mass is 10.4. The molecule has 0 aromatic carbocycles. The van der Waals surface area contributed by atoms with Crippen LogP contribution >= 0.6 is 11.6 Å². The van der Waals surface area contributed by atoms with Gasteiger partial charge in [-0.2, -0.15) is 13.2 Å². The second-order valence-corrected chi connectivity index (χ2v) is 3.85. The molecule has 0 saturated heterocycles. The van der Waals surface area contributed by atoms with Crippen LogP contribution in [-0.4, -0.2) is 18.4 Å². The molecule has 0 bridgehead atoms. The van der Waals surface area contributed by atoms with Crippen LogP contribution in [0.1, 0.15) is 11.5 Å². The van der Waals surface area contributed by atoms with Gasteiger partial charge in [0.1, 0.15) is 33.1 Å². The van der Waals surface area contributed by atoms with Crippen LogP contribution in [0.4, 0.5) is 13.2 Å². The third kappa shape index (κ3) is 3.63. The summed E-state index contributed by atoms with van der Waals surface area (Å²) in [5.41, 5.74) is -1.26. The fourth-order valence-electron chi connectivity index (χ4n) is 0.796. The minimum absolute atomic E-state index is 0.441. The molecule has 0 fully saturated rings. The highest BCUT2D eigenvalue weighted by Gasteiger charge is 2.33. The number of halogens is 4. The van der Waals surface area contributed by atoms with Gasteiger partial charge in [0.2, 0.25) is 0 Å². The van der Waals surface area contributed by atoms with Gasteiger partial charge in [-0.15, -0.1) is 0 Å². The summed E-state index contributed by atoms with van der Waals surface area (Å²) in [7, 11) is -2.89. The lowest BCUT2D eigenvalue weighted by Gasteiger charge is -2.06. The predicted octanol–water partition coefficient (Wildman–Crippen LogP) is 1.26. The molecule has 0 spiro atoms. The van der Waals surface area contributed by atoms with Crippen LogP contribution in [0, 0.1) is 0 Å². The number of aromatic nitrogens is 2. The lowest BCUT2D eigenvalue weighted by molar-refractivity contribution is -0.141. The average Bonchev–Trinajstić information content (AvgIpc) is 1.99. The van der Waals surface area contributed by atoms with Gasteiger partial charge < -0.3 is 0 Å².